The molecule has 0 spiro atoms. The molecular formula is C27H22ClN3OS2. The van der Waals surface area contributed by atoms with Crippen molar-refractivity contribution in [2.75, 3.05) is 0 Å². The molecule has 6 rings (SSSR count). The van der Waals surface area contributed by atoms with E-state index in [1.54, 1.807) is 29.4 Å². The number of pyridine rings is 1. The van der Waals surface area contributed by atoms with Gasteiger partial charge in [0.1, 0.15) is 16.2 Å². The highest BCUT2D eigenvalue weighted by Gasteiger charge is 2.32. The van der Waals surface area contributed by atoms with E-state index in [1.807, 2.05) is 24.3 Å². The molecule has 170 valence electrons. The fraction of sp³-hybridized carbons (Fsp3) is 0.222. The summed E-state index contributed by atoms with van der Waals surface area (Å²) in [5.74, 6) is 0.752. The fourth-order valence-corrected chi connectivity index (χ4v) is 7.00. The predicted octanol–water partition coefficient (Wildman–Crippen LogP) is 7.70. The average molecular weight is 504 g/mol. The lowest BCUT2D eigenvalue weighted by molar-refractivity contribution is -0.0394. The number of aromatic nitrogens is 3. The molecule has 0 amide bonds. The lowest BCUT2D eigenvalue weighted by Crippen LogP contribution is -2.32. The molecule has 0 atom stereocenters. The standard InChI is InChI=1S/C27H22ClN3OS2/c1-27(2)12-18-19(13-32-27)22(16-8-4-3-5-9-16)31-25-21(18)23-24(34-25)26(30-15-29-23)33-14-17-10-6-7-11-20(17)28/h3-11,15H,12-14H2,1-2H3. The van der Waals surface area contributed by atoms with Gasteiger partial charge in [-0.25, -0.2) is 15.0 Å². The van der Waals surface area contributed by atoms with Crippen LogP contribution in [-0.2, 0) is 23.5 Å². The van der Waals surface area contributed by atoms with Crippen LogP contribution < -0.4 is 0 Å². The van der Waals surface area contributed by atoms with E-state index in [0.29, 0.717) is 6.61 Å². The second kappa shape index (κ2) is 8.61. The molecule has 0 saturated heterocycles. The van der Waals surface area contributed by atoms with Crippen LogP contribution in [0.3, 0.4) is 0 Å². The Morgan fingerprint density at radius 2 is 1.82 bits per heavy atom. The summed E-state index contributed by atoms with van der Waals surface area (Å²) in [5.41, 5.74) is 6.43. The first-order valence-electron chi connectivity index (χ1n) is 11.1. The Morgan fingerprint density at radius 1 is 1.03 bits per heavy atom. The Kier molecular flexibility index (Phi) is 5.57. The van der Waals surface area contributed by atoms with Crippen LogP contribution in [0.2, 0.25) is 5.02 Å². The molecule has 0 N–H and O–H groups in total. The molecule has 0 bridgehead atoms. The Bertz CT molecular complexity index is 1530. The van der Waals surface area contributed by atoms with E-state index in [4.69, 9.17) is 26.3 Å². The van der Waals surface area contributed by atoms with Crippen molar-refractivity contribution in [2.45, 2.75) is 43.3 Å². The number of hydrogen-bond donors (Lipinski definition) is 0. The van der Waals surface area contributed by atoms with Crippen molar-refractivity contribution in [1.29, 1.82) is 0 Å². The molecule has 4 nitrogen and oxygen atoms in total. The number of rotatable bonds is 4. The first-order valence-corrected chi connectivity index (χ1v) is 13.3. The van der Waals surface area contributed by atoms with Gasteiger partial charge in [-0.15, -0.1) is 23.1 Å². The molecule has 3 aromatic heterocycles. The van der Waals surface area contributed by atoms with Gasteiger partial charge in [-0.3, -0.25) is 0 Å². The van der Waals surface area contributed by atoms with Crippen LogP contribution in [-0.4, -0.2) is 20.6 Å². The van der Waals surface area contributed by atoms with Gasteiger partial charge in [0.25, 0.3) is 0 Å². The third kappa shape index (κ3) is 3.89. The van der Waals surface area contributed by atoms with E-state index >= 15 is 0 Å². The van der Waals surface area contributed by atoms with E-state index in [1.165, 1.54) is 11.1 Å². The van der Waals surface area contributed by atoms with Crippen molar-refractivity contribution in [3.63, 3.8) is 0 Å². The van der Waals surface area contributed by atoms with Crippen molar-refractivity contribution in [2.24, 2.45) is 0 Å². The number of hydrogen-bond acceptors (Lipinski definition) is 6. The lowest BCUT2D eigenvalue weighted by atomic mass is 9.88. The molecular weight excluding hydrogens is 482 g/mol. The van der Waals surface area contributed by atoms with Gasteiger partial charge in [0.2, 0.25) is 0 Å². The van der Waals surface area contributed by atoms with Gasteiger partial charge in [0.15, 0.2) is 0 Å². The summed E-state index contributed by atoms with van der Waals surface area (Å²) in [7, 11) is 0. The summed E-state index contributed by atoms with van der Waals surface area (Å²) in [6, 6.07) is 18.3. The van der Waals surface area contributed by atoms with Gasteiger partial charge < -0.3 is 4.74 Å². The summed E-state index contributed by atoms with van der Waals surface area (Å²) < 4.78 is 7.31. The van der Waals surface area contributed by atoms with Gasteiger partial charge in [-0.2, -0.15) is 0 Å². The maximum Gasteiger partial charge on any atom is 0.127 e. The summed E-state index contributed by atoms with van der Waals surface area (Å²) in [4.78, 5) is 15.5. The Hall–Kier alpha value is -2.51. The lowest BCUT2D eigenvalue weighted by Gasteiger charge is -2.33. The molecule has 5 aromatic rings. The summed E-state index contributed by atoms with van der Waals surface area (Å²) in [5, 5.41) is 2.89. The number of thioether (sulfide) groups is 1. The normalized spacial score (nSPS) is 15.0. The zero-order valence-corrected chi connectivity index (χ0v) is 21.2. The quantitative estimate of drug-likeness (QED) is 0.186. The summed E-state index contributed by atoms with van der Waals surface area (Å²) in [6.07, 6.45) is 2.49. The Morgan fingerprint density at radius 3 is 2.65 bits per heavy atom. The zero-order chi connectivity index (χ0) is 23.3. The molecule has 7 heteroatoms. The topological polar surface area (TPSA) is 47.9 Å². The molecule has 1 aliphatic rings. The molecule has 0 radical (unpaired) electrons. The fourth-order valence-electron chi connectivity index (χ4n) is 4.48. The number of fused-ring (bicyclic) bond motifs is 5. The van der Waals surface area contributed by atoms with Crippen LogP contribution in [0.4, 0.5) is 0 Å². The van der Waals surface area contributed by atoms with E-state index < -0.39 is 0 Å². The van der Waals surface area contributed by atoms with Gasteiger partial charge in [-0.1, -0.05) is 60.1 Å². The Labute approximate surface area is 211 Å². The van der Waals surface area contributed by atoms with E-state index in [0.717, 1.165) is 59.5 Å². The molecule has 34 heavy (non-hydrogen) atoms. The third-order valence-corrected chi connectivity index (χ3v) is 8.78. The molecule has 0 unspecified atom stereocenters. The number of ether oxygens (including phenoxy) is 1. The van der Waals surface area contributed by atoms with Crippen molar-refractivity contribution in [3.05, 3.63) is 82.6 Å². The predicted molar refractivity (Wildman–Crippen MR) is 142 cm³/mol. The zero-order valence-electron chi connectivity index (χ0n) is 18.8. The molecule has 0 aliphatic carbocycles. The van der Waals surface area contributed by atoms with E-state index in [-0.39, 0.29) is 5.60 Å². The van der Waals surface area contributed by atoms with Crippen LogP contribution in [0, 0.1) is 0 Å². The van der Waals surface area contributed by atoms with Crippen LogP contribution >= 0.6 is 34.7 Å². The summed E-state index contributed by atoms with van der Waals surface area (Å²) >= 11 is 9.76. The second-order valence-electron chi connectivity index (χ2n) is 9.03. The number of benzene rings is 2. The molecule has 0 saturated carbocycles. The maximum atomic E-state index is 6.39. The summed E-state index contributed by atoms with van der Waals surface area (Å²) in [6.45, 7) is 4.85. The van der Waals surface area contributed by atoms with Crippen LogP contribution in [0.1, 0.15) is 30.5 Å². The van der Waals surface area contributed by atoms with Crippen LogP contribution in [0.15, 0.2) is 66.0 Å². The number of halogens is 1. The van der Waals surface area contributed by atoms with Crippen molar-refractivity contribution in [3.8, 4) is 11.3 Å². The smallest absolute Gasteiger partial charge is 0.127 e. The average Bonchev–Trinajstić information content (AvgIpc) is 3.22. The minimum absolute atomic E-state index is 0.238. The maximum absolute atomic E-state index is 6.39. The Balaban J connectivity index is 1.54. The highest BCUT2D eigenvalue weighted by molar-refractivity contribution is 7.98. The van der Waals surface area contributed by atoms with E-state index in [2.05, 4.69) is 49.2 Å². The van der Waals surface area contributed by atoms with Crippen LogP contribution in [0.5, 0.6) is 0 Å². The third-order valence-electron chi connectivity index (χ3n) is 6.16. The largest absolute Gasteiger partial charge is 0.370 e. The van der Waals surface area contributed by atoms with Gasteiger partial charge in [-0.05, 0) is 31.0 Å². The number of nitrogens with zero attached hydrogens (tertiary/aromatic N) is 3. The molecule has 1 aliphatic heterocycles. The SMILES string of the molecule is CC1(C)Cc2c(c(-c3ccccc3)nc3sc4c(SCc5ccccc5Cl)ncnc4c23)CO1. The highest BCUT2D eigenvalue weighted by atomic mass is 35.5. The minimum atomic E-state index is -0.238. The van der Waals surface area contributed by atoms with Crippen molar-refractivity contribution >= 4 is 55.1 Å². The highest BCUT2D eigenvalue weighted by Crippen LogP contribution is 2.44. The number of thiophene rings is 1. The van der Waals surface area contributed by atoms with Gasteiger partial charge >= 0.3 is 0 Å². The van der Waals surface area contributed by atoms with Gasteiger partial charge in [0, 0.05) is 33.7 Å². The first-order chi connectivity index (χ1) is 16.5. The minimum Gasteiger partial charge on any atom is -0.370 e. The molecule has 4 heterocycles. The van der Waals surface area contributed by atoms with Crippen LogP contribution in [0.25, 0.3) is 31.7 Å². The van der Waals surface area contributed by atoms with E-state index in [9.17, 15) is 0 Å². The monoisotopic (exact) mass is 503 g/mol. The van der Waals surface area contributed by atoms with Crippen molar-refractivity contribution < 1.29 is 4.74 Å². The van der Waals surface area contributed by atoms with Crippen molar-refractivity contribution in [1.82, 2.24) is 15.0 Å². The first kappa shape index (κ1) is 22.0. The second-order valence-corrected chi connectivity index (χ2v) is 11.4. The molecule has 0 fully saturated rings. The molecule has 2 aromatic carbocycles. The van der Waals surface area contributed by atoms with Gasteiger partial charge in [0.05, 0.1) is 28.1 Å².